The Kier molecular flexibility index (Phi) is 11.6. The van der Waals surface area contributed by atoms with E-state index in [0.29, 0.717) is 0 Å². The molecule has 0 aromatic heterocycles. The normalized spacial score (nSPS) is 12.2. The zero-order valence-corrected chi connectivity index (χ0v) is 42.1. The number of fused-ring (bicyclic) bond motifs is 4. The maximum Gasteiger partial charge on any atom is 0.0465 e. The minimum atomic E-state index is -0.138. The number of hydrogen-bond acceptors (Lipinski definition) is 2. The van der Waals surface area contributed by atoms with E-state index in [9.17, 15) is 0 Å². The number of hydrogen-bond donors (Lipinski definition) is 0. The van der Waals surface area contributed by atoms with Crippen LogP contribution >= 0.6 is 0 Å². The zero-order chi connectivity index (χ0) is 50.3. The molecule has 2 heteroatoms. The Morgan fingerprint density at radius 1 is 0.213 bits per heavy atom. The Hall–Kier alpha value is -9.50. The number of para-hydroxylation sites is 2. The van der Waals surface area contributed by atoms with Gasteiger partial charge in [-0.2, -0.15) is 0 Å². The largest absolute Gasteiger partial charge is 0.311 e. The molecule has 0 saturated carbocycles. The van der Waals surface area contributed by atoms with Gasteiger partial charge in [0.05, 0.1) is 0 Å². The molecule has 0 saturated heterocycles. The highest BCUT2D eigenvalue weighted by molar-refractivity contribution is 5.96. The molecule has 2 nitrogen and oxygen atoms in total. The molecule has 1 aliphatic carbocycles. The molecular weight excluding hydrogens is 905 g/mol. The second-order valence-electron chi connectivity index (χ2n) is 20.1. The Morgan fingerprint density at radius 3 is 1.09 bits per heavy atom. The molecule has 0 unspecified atom stereocenters. The highest BCUT2D eigenvalue weighted by atomic mass is 15.1. The summed E-state index contributed by atoms with van der Waals surface area (Å²) in [5.41, 5.74) is 23.6. The summed E-state index contributed by atoms with van der Waals surface area (Å²) in [6, 6.07) is 106. The van der Waals surface area contributed by atoms with Crippen LogP contribution in [0.15, 0.2) is 291 Å². The van der Waals surface area contributed by atoms with Crippen LogP contribution in [-0.2, 0) is 5.41 Å². The smallest absolute Gasteiger partial charge is 0.0465 e. The molecule has 12 aromatic rings. The van der Waals surface area contributed by atoms with Crippen LogP contribution in [-0.4, -0.2) is 0 Å². The van der Waals surface area contributed by atoms with Crippen LogP contribution in [0.25, 0.3) is 77.5 Å². The first-order chi connectivity index (χ1) is 36.9. The first kappa shape index (κ1) is 45.4. The molecule has 0 amide bonds. The highest BCUT2D eigenvalue weighted by Crippen LogP contribution is 2.51. The summed E-state index contributed by atoms with van der Waals surface area (Å²) in [5.74, 6) is 0. The van der Waals surface area contributed by atoms with Gasteiger partial charge >= 0.3 is 0 Å². The van der Waals surface area contributed by atoms with Gasteiger partial charge in [0.25, 0.3) is 0 Å². The van der Waals surface area contributed by atoms with E-state index < -0.39 is 0 Å². The van der Waals surface area contributed by atoms with Crippen molar-refractivity contribution in [1.82, 2.24) is 0 Å². The van der Waals surface area contributed by atoms with Crippen molar-refractivity contribution in [1.29, 1.82) is 0 Å². The highest BCUT2D eigenvalue weighted by Gasteiger charge is 2.36. The van der Waals surface area contributed by atoms with Crippen LogP contribution in [0.2, 0.25) is 0 Å². The van der Waals surface area contributed by atoms with Crippen LogP contribution in [0.1, 0.15) is 25.0 Å². The Labute approximate surface area is 440 Å². The fourth-order valence-corrected chi connectivity index (χ4v) is 11.4. The van der Waals surface area contributed by atoms with Crippen LogP contribution < -0.4 is 9.80 Å². The van der Waals surface area contributed by atoms with Gasteiger partial charge < -0.3 is 9.80 Å². The number of nitrogens with zero attached hydrogens (tertiary/aromatic N) is 2. The summed E-state index contributed by atoms with van der Waals surface area (Å²) in [4.78, 5) is 4.74. The topological polar surface area (TPSA) is 6.48 Å². The quantitative estimate of drug-likeness (QED) is 0.127. The third-order valence-corrected chi connectivity index (χ3v) is 15.3. The number of rotatable bonds is 11. The van der Waals surface area contributed by atoms with Gasteiger partial charge in [-0.3, -0.25) is 0 Å². The van der Waals surface area contributed by atoms with Crippen molar-refractivity contribution in [2.75, 3.05) is 9.80 Å². The molecule has 0 radical (unpaired) electrons. The predicted molar refractivity (Wildman–Crippen MR) is 318 cm³/mol. The summed E-state index contributed by atoms with van der Waals surface area (Å²) in [5, 5.41) is 2.49. The second-order valence-corrected chi connectivity index (χ2v) is 20.1. The van der Waals surface area contributed by atoms with Gasteiger partial charge in [-0.1, -0.05) is 214 Å². The van der Waals surface area contributed by atoms with E-state index in [1.54, 1.807) is 0 Å². The summed E-state index contributed by atoms with van der Waals surface area (Å²) in [7, 11) is 0. The van der Waals surface area contributed by atoms with Gasteiger partial charge in [-0.05, 0) is 180 Å². The average molecular weight is 959 g/mol. The molecule has 1 aliphatic rings. The second kappa shape index (κ2) is 19.2. The average Bonchev–Trinajstić information content (AvgIpc) is 3.71. The van der Waals surface area contributed by atoms with Crippen LogP contribution in [0, 0.1) is 0 Å². The Bertz CT molecular complexity index is 3940. The summed E-state index contributed by atoms with van der Waals surface area (Å²) < 4.78 is 0. The third kappa shape index (κ3) is 8.47. The molecule has 12 aromatic carbocycles. The van der Waals surface area contributed by atoms with E-state index >= 15 is 0 Å². The van der Waals surface area contributed by atoms with Crippen molar-refractivity contribution in [3.8, 4) is 66.8 Å². The monoisotopic (exact) mass is 958 g/mol. The van der Waals surface area contributed by atoms with E-state index in [0.717, 1.165) is 45.3 Å². The first-order valence-corrected chi connectivity index (χ1v) is 26.0. The summed E-state index contributed by atoms with van der Waals surface area (Å²) in [6.45, 7) is 4.72. The van der Waals surface area contributed by atoms with Gasteiger partial charge in [0.15, 0.2) is 0 Å². The first-order valence-electron chi connectivity index (χ1n) is 26.0. The fraction of sp³-hybridized carbons (Fsp3) is 0.0411. The Balaban J connectivity index is 0.925. The van der Waals surface area contributed by atoms with Crippen molar-refractivity contribution in [3.05, 3.63) is 302 Å². The lowest BCUT2D eigenvalue weighted by atomic mass is 9.82. The molecule has 13 rings (SSSR count). The number of benzene rings is 12. The Morgan fingerprint density at radius 2 is 0.573 bits per heavy atom. The summed E-state index contributed by atoms with van der Waals surface area (Å²) in [6.07, 6.45) is 0. The van der Waals surface area contributed by atoms with Gasteiger partial charge in [0.2, 0.25) is 0 Å². The van der Waals surface area contributed by atoms with Crippen molar-refractivity contribution >= 4 is 44.9 Å². The number of anilines is 6. The van der Waals surface area contributed by atoms with Crippen molar-refractivity contribution in [3.63, 3.8) is 0 Å². The lowest BCUT2D eigenvalue weighted by Crippen LogP contribution is -2.16. The third-order valence-electron chi connectivity index (χ3n) is 15.3. The predicted octanol–water partition coefficient (Wildman–Crippen LogP) is 20.4. The molecule has 0 bridgehead atoms. The molecule has 0 heterocycles. The van der Waals surface area contributed by atoms with Gasteiger partial charge in [0.1, 0.15) is 0 Å². The van der Waals surface area contributed by atoms with Gasteiger partial charge in [0, 0.05) is 39.5 Å². The van der Waals surface area contributed by atoms with Crippen LogP contribution in [0.3, 0.4) is 0 Å². The van der Waals surface area contributed by atoms with Gasteiger partial charge in [-0.15, -0.1) is 0 Å². The molecule has 0 aliphatic heterocycles. The maximum absolute atomic E-state index is 2.42. The van der Waals surface area contributed by atoms with Crippen molar-refractivity contribution in [2.24, 2.45) is 0 Å². The van der Waals surface area contributed by atoms with Crippen molar-refractivity contribution in [2.45, 2.75) is 19.3 Å². The minimum Gasteiger partial charge on any atom is -0.311 e. The zero-order valence-electron chi connectivity index (χ0n) is 42.1. The van der Waals surface area contributed by atoms with E-state index in [2.05, 4.69) is 315 Å². The summed E-state index contributed by atoms with van der Waals surface area (Å²) >= 11 is 0. The molecule has 0 spiro atoms. The van der Waals surface area contributed by atoms with E-state index in [1.165, 1.54) is 77.5 Å². The molecular formula is C73H54N2. The van der Waals surface area contributed by atoms with E-state index in [4.69, 9.17) is 0 Å². The molecule has 356 valence electrons. The van der Waals surface area contributed by atoms with Gasteiger partial charge in [-0.25, -0.2) is 0 Å². The van der Waals surface area contributed by atoms with Crippen molar-refractivity contribution < 1.29 is 0 Å². The molecule has 0 fully saturated rings. The fourth-order valence-electron chi connectivity index (χ4n) is 11.4. The van der Waals surface area contributed by atoms with Crippen LogP contribution in [0.5, 0.6) is 0 Å². The molecule has 75 heavy (non-hydrogen) atoms. The molecule has 0 N–H and O–H groups in total. The minimum absolute atomic E-state index is 0.138. The van der Waals surface area contributed by atoms with E-state index in [1.807, 2.05) is 0 Å². The van der Waals surface area contributed by atoms with E-state index in [-0.39, 0.29) is 5.41 Å². The maximum atomic E-state index is 2.42. The standard InChI is InChI=1S/C73H54N2/c1-73(2)71-30-18-17-29-65(71)66-46-45-64(48-72(66)73)75(62-39-33-52(34-40-62)58-32-31-51-19-15-16-24-57(51)47-58)63-43-37-56(38-44-63)70-50-67(53-20-7-3-8-21-53)69(49-68(70)54-22-9-4-10-23-54)55-35-41-61(42-36-55)74(59-25-11-5-12-26-59)60-27-13-6-14-28-60/h3-50H,1-2H3. The van der Waals surface area contributed by atoms with Crippen LogP contribution in [0.4, 0.5) is 34.1 Å². The lowest BCUT2D eigenvalue weighted by Gasteiger charge is -2.28. The molecule has 0 atom stereocenters. The SMILES string of the molecule is CC1(C)c2ccccc2-c2ccc(N(c3ccc(-c4ccc5ccccc5c4)cc3)c3ccc(-c4cc(-c5ccccc5)c(-c5ccc(N(c6ccccc6)c6ccccc6)cc5)cc4-c4ccccc4)cc3)cc21. The lowest BCUT2D eigenvalue weighted by molar-refractivity contribution is 0.660.